The normalized spacial score (nSPS) is 16.3. The molecule has 1 aromatic carbocycles. The molecule has 0 amide bonds. The molecule has 1 atom stereocenters. The molecule has 4 aromatic rings. The largest absolute Gasteiger partial charge is 0.351 e. The number of aliphatic imine (C=N–C) groups is 1. The minimum atomic E-state index is 0.117. The lowest BCUT2D eigenvalue weighted by Gasteiger charge is -2.44. The number of guanidine groups is 1. The molecule has 3 aromatic heterocycles. The summed E-state index contributed by atoms with van der Waals surface area (Å²) < 4.78 is 0. The van der Waals surface area contributed by atoms with E-state index in [1.54, 1.807) is 24.8 Å². The van der Waals surface area contributed by atoms with Gasteiger partial charge in [0.2, 0.25) is 12.2 Å². The fraction of sp³-hybridized carbons (Fsp3) is 0.259. The molecule has 5 rings (SSSR count). The predicted octanol–water partition coefficient (Wildman–Crippen LogP) is 4.18. The van der Waals surface area contributed by atoms with Crippen LogP contribution in [0, 0.1) is 17.4 Å². The van der Waals surface area contributed by atoms with Crippen LogP contribution in [0.5, 0.6) is 0 Å². The van der Waals surface area contributed by atoms with E-state index >= 15 is 0 Å². The van der Waals surface area contributed by atoms with Gasteiger partial charge in [-0.25, -0.2) is 4.98 Å². The first-order valence-electron chi connectivity index (χ1n) is 12.0. The number of pyridine rings is 2. The van der Waals surface area contributed by atoms with E-state index in [4.69, 9.17) is 4.98 Å². The zero-order chi connectivity index (χ0) is 24.9. The number of nitrogens with one attached hydrogen (secondary N) is 1. The molecule has 0 saturated carbocycles. The fourth-order valence-electron chi connectivity index (χ4n) is 4.54. The lowest BCUT2D eigenvalue weighted by molar-refractivity contribution is 0.224. The predicted molar refractivity (Wildman–Crippen MR) is 141 cm³/mol. The second-order valence-electron chi connectivity index (χ2n) is 8.99. The second kappa shape index (κ2) is 10.4. The standard InChI is InChI=1S/C27H27N9/c1-19(2)25-17-35(26-16-31-24(15-32-26)20-6-4-10-29-14-20)12-13-36(25)27(33-18-28)34-23-9-3-8-22-21(23)7-5-11-30-22/h3-11,14-16,19,25H,12-13,17H2,1-2H3,(H,33,34). The molecular weight excluding hydrogens is 450 g/mol. The summed E-state index contributed by atoms with van der Waals surface area (Å²) in [6.45, 7) is 6.52. The van der Waals surface area contributed by atoms with Crippen LogP contribution in [-0.4, -0.2) is 56.5 Å². The maximum Gasteiger partial charge on any atom is 0.214 e. The van der Waals surface area contributed by atoms with E-state index < -0.39 is 0 Å². The van der Waals surface area contributed by atoms with Gasteiger partial charge in [0.1, 0.15) is 5.82 Å². The van der Waals surface area contributed by atoms with Crippen LogP contribution in [0.1, 0.15) is 13.8 Å². The van der Waals surface area contributed by atoms with Crippen molar-refractivity contribution in [3.05, 3.63) is 73.4 Å². The van der Waals surface area contributed by atoms with Crippen molar-refractivity contribution >= 4 is 28.4 Å². The molecule has 1 saturated heterocycles. The Hall–Kier alpha value is -4.58. The summed E-state index contributed by atoms with van der Waals surface area (Å²) in [6.07, 6.45) is 10.9. The van der Waals surface area contributed by atoms with Gasteiger partial charge >= 0.3 is 0 Å². The summed E-state index contributed by atoms with van der Waals surface area (Å²) in [5.41, 5.74) is 3.49. The molecule has 1 aliphatic heterocycles. The maximum atomic E-state index is 9.48. The Morgan fingerprint density at radius 2 is 1.92 bits per heavy atom. The number of rotatable bonds is 4. The van der Waals surface area contributed by atoms with Crippen molar-refractivity contribution in [2.24, 2.45) is 10.9 Å². The van der Waals surface area contributed by atoms with Gasteiger partial charge in [-0.2, -0.15) is 5.26 Å². The number of fused-ring (bicyclic) bond motifs is 1. The number of piperazine rings is 1. The minimum absolute atomic E-state index is 0.117. The lowest BCUT2D eigenvalue weighted by Crippen LogP contribution is -2.58. The number of nitrogens with zero attached hydrogens (tertiary/aromatic N) is 8. The number of hydrogen-bond donors (Lipinski definition) is 1. The van der Waals surface area contributed by atoms with E-state index in [2.05, 4.69) is 48.9 Å². The first-order chi connectivity index (χ1) is 17.6. The molecule has 1 N–H and O–H groups in total. The van der Waals surface area contributed by atoms with Crippen molar-refractivity contribution in [3.8, 4) is 17.5 Å². The van der Waals surface area contributed by atoms with Gasteiger partial charge in [-0.3, -0.25) is 15.0 Å². The number of hydrogen-bond acceptors (Lipinski definition) is 7. The van der Waals surface area contributed by atoms with Gasteiger partial charge in [-0.05, 0) is 42.3 Å². The Morgan fingerprint density at radius 3 is 2.67 bits per heavy atom. The third kappa shape index (κ3) is 4.79. The van der Waals surface area contributed by atoms with Gasteiger partial charge in [-0.1, -0.05) is 19.9 Å². The first kappa shape index (κ1) is 23.2. The van der Waals surface area contributed by atoms with Crippen molar-refractivity contribution < 1.29 is 0 Å². The van der Waals surface area contributed by atoms with Crippen LogP contribution in [0.25, 0.3) is 22.2 Å². The number of benzene rings is 1. The van der Waals surface area contributed by atoms with Gasteiger partial charge in [0.15, 0.2) is 0 Å². The molecular formula is C27H27N9. The lowest BCUT2D eigenvalue weighted by atomic mass is 9.99. The summed E-state index contributed by atoms with van der Waals surface area (Å²) >= 11 is 0. The van der Waals surface area contributed by atoms with Gasteiger partial charge in [0.25, 0.3) is 0 Å². The number of anilines is 2. The van der Waals surface area contributed by atoms with Crippen molar-refractivity contribution in [2.75, 3.05) is 29.9 Å². The average molecular weight is 478 g/mol. The Kier molecular flexibility index (Phi) is 6.67. The third-order valence-electron chi connectivity index (χ3n) is 6.43. The van der Waals surface area contributed by atoms with E-state index in [0.29, 0.717) is 18.4 Å². The summed E-state index contributed by atoms with van der Waals surface area (Å²) in [7, 11) is 0. The molecule has 1 aliphatic rings. The fourth-order valence-corrected chi connectivity index (χ4v) is 4.54. The van der Waals surface area contributed by atoms with Crippen LogP contribution in [0.15, 0.2) is 78.4 Å². The first-order valence-corrected chi connectivity index (χ1v) is 12.0. The molecule has 0 radical (unpaired) electrons. The second-order valence-corrected chi connectivity index (χ2v) is 8.99. The summed E-state index contributed by atoms with van der Waals surface area (Å²) in [5, 5.41) is 13.9. The van der Waals surface area contributed by atoms with E-state index in [0.717, 1.165) is 46.8 Å². The highest BCUT2D eigenvalue weighted by Crippen LogP contribution is 2.26. The van der Waals surface area contributed by atoms with Crippen molar-refractivity contribution in [2.45, 2.75) is 19.9 Å². The summed E-state index contributed by atoms with van der Waals surface area (Å²) in [4.78, 5) is 26.5. The third-order valence-corrected chi connectivity index (χ3v) is 6.43. The smallest absolute Gasteiger partial charge is 0.214 e. The van der Waals surface area contributed by atoms with E-state index in [1.807, 2.05) is 54.9 Å². The monoisotopic (exact) mass is 477 g/mol. The van der Waals surface area contributed by atoms with Crippen LogP contribution < -0.4 is 10.2 Å². The van der Waals surface area contributed by atoms with Gasteiger partial charge in [-0.15, -0.1) is 4.99 Å². The Morgan fingerprint density at radius 1 is 1.03 bits per heavy atom. The van der Waals surface area contributed by atoms with Crippen LogP contribution in [0.4, 0.5) is 11.5 Å². The van der Waals surface area contributed by atoms with E-state index in [-0.39, 0.29) is 6.04 Å². The molecule has 9 nitrogen and oxygen atoms in total. The highest BCUT2D eigenvalue weighted by atomic mass is 15.4. The van der Waals surface area contributed by atoms with E-state index in [9.17, 15) is 5.26 Å². The summed E-state index contributed by atoms with van der Waals surface area (Å²) in [6, 6.07) is 13.8. The Bertz CT molecular complexity index is 1390. The highest BCUT2D eigenvalue weighted by molar-refractivity contribution is 6.02. The molecule has 9 heteroatoms. The zero-order valence-electron chi connectivity index (χ0n) is 20.3. The van der Waals surface area contributed by atoms with Gasteiger partial charge < -0.3 is 15.1 Å². The minimum Gasteiger partial charge on any atom is -0.351 e. The highest BCUT2D eigenvalue weighted by Gasteiger charge is 2.32. The molecule has 0 spiro atoms. The van der Waals surface area contributed by atoms with Crippen molar-refractivity contribution in [1.29, 1.82) is 5.26 Å². The Balaban J connectivity index is 1.37. The molecule has 4 heterocycles. The Labute approximate surface area is 210 Å². The molecule has 0 aliphatic carbocycles. The SMILES string of the molecule is CC(C)C1CN(c2cnc(-c3cccnc3)cn2)CCN1/C(=N\C#N)Nc1cccc2ncccc12. The molecule has 180 valence electrons. The average Bonchev–Trinajstić information content (AvgIpc) is 2.93. The van der Waals surface area contributed by atoms with Crippen molar-refractivity contribution in [3.63, 3.8) is 0 Å². The van der Waals surface area contributed by atoms with Crippen LogP contribution in [0.3, 0.4) is 0 Å². The zero-order valence-corrected chi connectivity index (χ0v) is 20.3. The van der Waals surface area contributed by atoms with Gasteiger partial charge in [0.05, 0.1) is 35.3 Å². The molecule has 1 fully saturated rings. The van der Waals surface area contributed by atoms with Crippen molar-refractivity contribution in [1.82, 2.24) is 24.8 Å². The van der Waals surface area contributed by atoms with Gasteiger partial charge in [0, 0.05) is 49.2 Å². The van der Waals surface area contributed by atoms with E-state index in [1.165, 1.54) is 0 Å². The topological polar surface area (TPSA) is 106 Å². The number of nitriles is 1. The van der Waals surface area contributed by atoms with Crippen LogP contribution in [-0.2, 0) is 0 Å². The molecule has 1 unspecified atom stereocenters. The number of aromatic nitrogens is 4. The van der Waals surface area contributed by atoms with Crippen LogP contribution in [0.2, 0.25) is 0 Å². The molecule has 36 heavy (non-hydrogen) atoms. The maximum absolute atomic E-state index is 9.48. The molecule has 0 bridgehead atoms. The van der Waals surface area contributed by atoms with Crippen LogP contribution >= 0.6 is 0 Å². The quantitative estimate of drug-likeness (QED) is 0.265. The summed E-state index contributed by atoms with van der Waals surface area (Å²) in [5.74, 6) is 1.69.